The fourth-order valence-corrected chi connectivity index (χ4v) is 2.99. The Kier molecular flexibility index (Phi) is 5.40. The number of benzene rings is 2. The number of amides is 2. The van der Waals surface area contributed by atoms with E-state index in [4.69, 9.17) is 27.9 Å². The summed E-state index contributed by atoms with van der Waals surface area (Å²) in [5.74, 6) is -1.37. The van der Waals surface area contributed by atoms with Crippen molar-refractivity contribution in [2.24, 2.45) is 0 Å². The van der Waals surface area contributed by atoms with Crippen LogP contribution in [0.3, 0.4) is 0 Å². The summed E-state index contributed by atoms with van der Waals surface area (Å²) < 4.78 is 5.04. The predicted octanol–water partition coefficient (Wildman–Crippen LogP) is 3.85. The zero-order valence-electron chi connectivity index (χ0n) is 13.4. The van der Waals surface area contributed by atoms with Crippen LogP contribution < -0.4 is 0 Å². The number of halogens is 2. The van der Waals surface area contributed by atoms with Crippen molar-refractivity contribution in [3.05, 3.63) is 75.3 Å². The minimum atomic E-state index is -0.604. The van der Waals surface area contributed by atoms with Crippen molar-refractivity contribution in [3.8, 4) is 0 Å². The molecule has 7 heteroatoms. The molecule has 26 heavy (non-hydrogen) atoms. The molecule has 0 spiro atoms. The Morgan fingerprint density at radius 2 is 1.69 bits per heavy atom. The van der Waals surface area contributed by atoms with Gasteiger partial charge in [-0.1, -0.05) is 41.4 Å². The molecule has 0 fully saturated rings. The topological polar surface area (TPSA) is 63.7 Å². The van der Waals surface area contributed by atoms with Gasteiger partial charge in [-0.2, -0.15) is 0 Å². The van der Waals surface area contributed by atoms with Crippen molar-refractivity contribution < 1.29 is 19.1 Å². The lowest BCUT2D eigenvalue weighted by Gasteiger charge is -2.13. The second-order valence-electron chi connectivity index (χ2n) is 5.47. The average Bonchev–Trinajstić information content (AvgIpc) is 2.86. The van der Waals surface area contributed by atoms with E-state index in [2.05, 4.69) is 0 Å². The second-order valence-corrected chi connectivity index (χ2v) is 6.32. The molecule has 0 aromatic heterocycles. The quantitative estimate of drug-likeness (QED) is 0.442. The molecule has 1 aliphatic rings. The Morgan fingerprint density at radius 1 is 1.04 bits per heavy atom. The van der Waals surface area contributed by atoms with E-state index in [0.717, 1.165) is 4.90 Å². The van der Waals surface area contributed by atoms with Gasteiger partial charge in [0, 0.05) is 16.1 Å². The van der Waals surface area contributed by atoms with Crippen LogP contribution in [-0.4, -0.2) is 35.8 Å². The Balaban J connectivity index is 1.54. The zero-order chi connectivity index (χ0) is 18.7. The number of carbonyl (C=O) groups excluding carboxylic acids is 3. The second kappa shape index (κ2) is 7.72. The van der Waals surface area contributed by atoms with Crippen LogP contribution in [0.5, 0.6) is 0 Å². The minimum absolute atomic E-state index is 0.00632. The molecule has 1 heterocycles. The van der Waals surface area contributed by atoms with Crippen molar-refractivity contribution >= 4 is 47.1 Å². The monoisotopic (exact) mass is 389 g/mol. The fraction of sp³-hybridized carbons (Fsp3) is 0.105. The minimum Gasteiger partial charge on any atom is -0.461 e. The third-order valence-electron chi connectivity index (χ3n) is 3.80. The number of hydrogen-bond donors (Lipinski definition) is 0. The molecule has 0 bridgehead atoms. The van der Waals surface area contributed by atoms with Crippen LogP contribution >= 0.6 is 23.2 Å². The standard InChI is InChI=1S/C19H13Cl2NO4/c20-13-7-5-12(16(21)11-13)6-8-17(23)26-10-9-22-18(24)14-3-1-2-4-15(14)19(22)25/h1-8,11H,9-10H2/b8-6+. The van der Waals surface area contributed by atoms with E-state index in [1.807, 2.05) is 0 Å². The van der Waals surface area contributed by atoms with Gasteiger partial charge in [-0.25, -0.2) is 4.79 Å². The summed E-state index contributed by atoms with van der Waals surface area (Å²) in [4.78, 5) is 37.2. The summed E-state index contributed by atoms with van der Waals surface area (Å²) in [6.45, 7) is -0.101. The number of imide groups is 1. The molecule has 0 unspecified atom stereocenters. The molecule has 2 amide bonds. The van der Waals surface area contributed by atoms with Crippen LogP contribution in [0.25, 0.3) is 6.08 Å². The molecule has 0 N–H and O–H groups in total. The number of rotatable bonds is 5. The maximum Gasteiger partial charge on any atom is 0.330 e. The van der Waals surface area contributed by atoms with Crippen LogP contribution in [-0.2, 0) is 9.53 Å². The molecule has 2 aromatic rings. The number of hydrogen-bond acceptors (Lipinski definition) is 4. The summed E-state index contributed by atoms with van der Waals surface area (Å²) in [7, 11) is 0. The maximum absolute atomic E-state index is 12.2. The third-order valence-corrected chi connectivity index (χ3v) is 4.36. The van der Waals surface area contributed by atoms with E-state index in [1.165, 1.54) is 12.2 Å². The highest BCUT2D eigenvalue weighted by atomic mass is 35.5. The van der Waals surface area contributed by atoms with Crippen molar-refractivity contribution in [2.75, 3.05) is 13.2 Å². The number of carbonyl (C=O) groups is 3. The fourth-order valence-electron chi connectivity index (χ4n) is 2.52. The van der Waals surface area contributed by atoms with Gasteiger partial charge in [0.15, 0.2) is 0 Å². The SMILES string of the molecule is O=C(/C=C/c1ccc(Cl)cc1Cl)OCCN1C(=O)c2ccccc2C1=O. The lowest BCUT2D eigenvalue weighted by atomic mass is 10.1. The van der Waals surface area contributed by atoms with Gasteiger partial charge < -0.3 is 4.74 Å². The van der Waals surface area contributed by atoms with Gasteiger partial charge in [-0.15, -0.1) is 0 Å². The van der Waals surface area contributed by atoms with E-state index < -0.39 is 5.97 Å². The highest BCUT2D eigenvalue weighted by Crippen LogP contribution is 2.23. The Labute approximate surface area is 159 Å². The Morgan fingerprint density at radius 3 is 2.31 bits per heavy atom. The van der Waals surface area contributed by atoms with E-state index in [0.29, 0.717) is 26.7 Å². The first kappa shape index (κ1) is 18.2. The van der Waals surface area contributed by atoms with E-state index in [-0.39, 0.29) is 25.0 Å². The molecule has 0 saturated carbocycles. The van der Waals surface area contributed by atoms with Gasteiger partial charge in [0.2, 0.25) is 0 Å². The van der Waals surface area contributed by atoms with Gasteiger partial charge in [0.25, 0.3) is 11.8 Å². The summed E-state index contributed by atoms with van der Waals surface area (Å²) >= 11 is 11.8. The average molecular weight is 390 g/mol. The molecule has 0 aliphatic carbocycles. The maximum atomic E-state index is 12.2. The first-order valence-corrected chi connectivity index (χ1v) is 8.48. The van der Waals surface area contributed by atoms with Crippen molar-refractivity contribution in [1.82, 2.24) is 4.90 Å². The molecule has 0 atom stereocenters. The first-order chi connectivity index (χ1) is 12.5. The molecule has 5 nitrogen and oxygen atoms in total. The largest absolute Gasteiger partial charge is 0.461 e. The normalized spacial score (nSPS) is 13.4. The summed E-state index contributed by atoms with van der Waals surface area (Å²) in [6.07, 6.45) is 2.72. The van der Waals surface area contributed by atoms with Gasteiger partial charge in [-0.3, -0.25) is 14.5 Å². The van der Waals surface area contributed by atoms with Crippen LogP contribution in [0.15, 0.2) is 48.5 Å². The Hall–Kier alpha value is -2.63. The number of ether oxygens (including phenoxy) is 1. The predicted molar refractivity (Wildman–Crippen MR) is 98.3 cm³/mol. The zero-order valence-corrected chi connectivity index (χ0v) is 15.0. The first-order valence-electron chi connectivity index (χ1n) is 7.72. The van der Waals surface area contributed by atoms with E-state index in [1.54, 1.807) is 42.5 Å². The van der Waals surface area contributed by atoms with Crippen LogP contribution in [0.1, 0.15) is 26.3 Å². The van der Waals surface area contributed by atoms with Crippen molar-refractivity contribution in [2.45, 2.75) is 0 Å². The summed E-state index contributed by atoms with van der Waals surface area (Å²) in [5, 5.41) is 0.906. The lowest BCUT2D eigenvalue weighted by Crippen LogP contribution is -2.33. The third kappa shape index (κ3) is 3.79. The molecule has 2 aromatic carbocycles. The lowest BCUT2D eigenvalue weighted by molar-refractivity contribution is -0.137. The van der Waals surface area contributed by atoms with Gasteiger partial charge in [0.1, 0.15) is 6.61 Å². The summed E-state index contributed by atoms with van der Waals surface area (Å²) in [5.41, 5.74) is 1.34. The molecule has 0 saturated heterocycles. The summed E-state index contributed by atoms with van der Waals surface area (Å²) in [6, 6.07) is 11.5. The highest BCUT2D eigenvalue weighted by Gasteiger charge is 2.34. The number of fused-ring (bicyclic) bond motifs is 1. The van der Waals surface area contributed by atoms with Gasteiger partial charge >= 0.3 is 5.97 Å². The van der Waals surface area contributed by atoms with E-state index >= 15 is 0 Å². The van der Waals surface area contributed by atoms with Crippen LogP contribution in [0.4, 0.5) is 0 Å². The molecule has 0 radical (unpaired) electrons. The van der Waals surface area contributed by atoms with Crippen LogP contribution in [0, 0.1) is 0 Å². The molecule has 132 valence electrons. The van der Waals surface area contributed by atoms with Crippen molar-refractivity contribution in [1.29, 1.82) is 0 Å². The highest BCUT2D eigenvalue weighted by molar-refractivity contribution is 6.35. The van der Waals surface area contributed by atoms with Crippen LogP contribution in [0.2, 0.25) is 10.0 Å². The molecular formula is C19H13Cl2NO4. The number of esters is 1. The van der Waals surface area contributed by atoms with Gasteiger partial charge in [-0.05, 0) is 35.9 Å². The van der Waals surface area contributed by atoms with E-state index in [9.17, 15) is 14.4 Å². The van der Waals surface area contributed by atoms with Crippen molar-refractivity contribution in [3.63, 3.8) is 0 Å². The molecule has 1 aliphatic heterocycles. The van der Waals surface area contributed by atoms with Gasteiger partial charge in [0.05, 0.1) is 17.7 Å². The smallest absolute Gasteiger partial charge is 0.330 e. The Bertz CT molecular complexity index is 889. The molecular weight excluding hydrogens is 377 g/mol. The molecule has 3 rings (SSSR count). The number of nitrogens with zero attached hydrogens (tertiary/aromatic N) is 1.